The number of hydrogen-bond acceptors (Lipinski definition) is 4. The Morgan fingerprint density at radius 1 is 1.29 bits per heavy atom. The predicted molar refractivity (Wildman–Crippen MR) is 86.5 cm³/mol. The van der Waals surface area contributed by atoms with E-state index in [-0.39, 0.29) is 5.41 Å². The molecule has 2 aromatic rings. The van der Waals surface area contributed by atoms with Crippen LogP contribution in [0.25, 0.3) is 0 Å². The van der Waals surface area contributed by atoms with E-state index in [1.54, 1.807) is 17.7 Å². The van der Waals surface area contributed by atoms with Crippen molar-refractivity contribution >= 4 is 11.3 Å². The van der Waals surface area contributed by atoms with E-state index in [1.807, 2.05) is 10.7 Å². The zero-order chi connectivity index (χ0) is 15.6. The Balaban J connectivity index is 2.09. The second-order valence-electron chi connectivity index (χ2n) is 6.92. The zero-order valence-electron chi connectivity index (χ0n) is 13.5. The molecule has 0 aliphatic heterocycles. The summed E-state index contributed by atoms with van der Waals surface area (Å²) in [5.74, 6) is 1.36. The van der Waals surface area contributed by atoms with Gasteiger partial charge >= 0.3 is 0 Å². The monoisotopic (exact) mass is 307 g/mol. The van der Waals surface area contributed by atoms with Gasteiger partial charge in [-0.15, -0.1) is 11.3 Å². The quantitative estimate of drug-likeness (QED) is 0.918. The number of aliphatic hydroxyl groups excluding tert-OH is 1. The van der Waals surface area contributed by atoms with Gasteiger partial charge in [0.15, 0.2) is 0 Å². The van der Waals surface area contributed by atoms with Crippen molar-refractivity contribution in [1.29, 1.82) is 0 Å². The Hall–Kier alpha value is -1.20. The molecule has 21 heavy (non-hydrogen) atoms. The Morgan fingerprint density at radius 3 is 2.57 bits per heavy atom. The van der Waals surface area contributed by atoms with Crippen LogP contribution in [0.5, 0.6) is 0 Å². The van der Waals surface area contributed by atoms with Crippen LogP contribution in [0.3, 0.4) is 0 Å². The molecule has 2 rings (SSSR count). The lowest BCUT2D eigenvalue weighted by Gasteiger charge is -2.16. The molecule has 5 heteroatoms. The average molecular weight is 307 g/mol. The summed E-state index contributed by atoms with van der Waals surface area (Å²) in [6, 6.07) is 4.14. The van der Waals surface area contributed by atoms with Crippen molar-refractivity contribution in [3.63, 3.8) is 0 Å². The number of thiophene rings is 1. The molecular formula is C16H25N3OS. The molecule has 0 radical (unpaired) electrons. The summed E-state index contributed by atoms with van der Waals surface area (Å²) in [7, 11) is 0. The first-order chi connectivity index (χ1) is 9.77. The van der Waals surface area contributed by atoms with Gasteiger partial charge in [-0.1, -0.05) is 34.6 Å². The van der Waals surface area contributed by atoms with E-state index in [9.17, 15) is 5.11 Å². The van der Waals surface area contributed by atoms with E-state index in [0.29, 0.717) is 12.3 Å². The fourth-order valence-electron chi connectivity index (χ4n) is 2.15. The molecule has 4 nitrogen and oxygen atoms in total. The summed E-state index contributed by atoms with van der Waals surface area (Å²) < 4.78 is 1.90. The summed E-state index contributed by atoms with van der Waals surface area (Å²) >= 11 is 1.68. The molecule has 1 unspecified atom stereocenters. The molecule has 0 aromatic carbocycles. The Bertz CT molecular complexity index is 580. The standard InChI is InChI=1S/C16H25N3OS/c1-11(2)9-19-15(17-10-18-19)8-12(20)13-6-7-14(21-13)16(3,4)5/h6-7,10-12,20H,8-9H2,1-5H3. The summed E-state index contributed by atoms with van der Waals surface area (Å²) in [6.45, 7) is 11.7. The van der Waals surface area contributed by atoms with E-state index < -0.39 is 6.10 Å². The van der Waals surface area contributed by atoms with Crippen molar-refractivity contribution in [1.82, 2.24) is 14.8 Å². The van der Waals surface area contributed by atoms with Gasteiger partial charge in [0.05, 0.1) is 6.10 Å². The van der Waals surface area contributed by atoms with Crippen LogP contribution in [0, 0.1) is 5.92 Å². The van der Waals surface area contributed by atoms with E-state index in [4.69, 9.17) is 0 Å². The Labute approximate surface area is 130 Å². The van der Waals surface area contributed by atoms with Crippen molar-refractivity contribution < 1.29 is 5.11 Å². The molecule has 0 aliphatic carbocycles. The van der Waals surface area contributed by atoms with E-state index in [0.717, 1.165) is 17.2 Å². The average Bonchev–Trinajstić information content (AvgIpc) is 2.97. The maximum atomic E-state index is 10.5. The van der Waals surface area contributed by atoms with Gasteiger partial charge in [0, 0.05) is 22.7 Å². The van der Waals surface area contributed by atoms with Crippen molar-refractivity contribution in [2.45, 2.75) is 59.1 Å². The predicted octanol–water partition coefficient (Wildman–Crippen LogP) is 3.57. The molecule has 0 saturated heterocycles. The number of hydrogen-bond donors (Lipinski definition) is 1. The van der Waals surface area contributed by atoms with Crippen LogP contribution in [0.2, 0.25) is 0 Å². The van der Waals surface area contributed by atoms with Crippen molar-refractivity contribution in [2.24, 2.45) is 5.92 Å². The number of rotatable bonds is 5. The second-order valence-corrected chi connectivity index (χ2v) is 8.04. The van der Waals surface area contributed by atoms with Crippen LogP contribution in [0.1, 0.15) is 56.3 Å². The van der Waals surface area contributed by atoms with E-state index >= 15 is 0 Å². The SMILES string of the molecule is CC(C)Cn1ncnc1CC(O)c1ccc(C(C)(C)C)s1. The highest BCUT2D eigenvalue weighted by molar-refractivity contribution is 7.12. The van der Waals surface area contributed by atoms with Gasteiger partial charge in [-0.25, -0.2) is 9.67 Å². The second kappa shape index (κ2) is 6.28. The minimum absolute atomic E-state index is 0.125. The molecule has 0 aliphatic rings. The molecule has 0 amide bonds. The summed E-state index contributed by atoms with van der Waals surface area (Å²) in [4.78, 5) is 6.58. The highest BCUT2D eigenvalue weighted by Crippen LogP contribution is 2.33. The Morgan fingerprint density at radius 2 is 2.00 bits per heavy atom. The van der Waals surface area contributed by atoms with E-state index in [1.165, 1.54) is 4.88 Å². The van der Waals surface area contributed by atoms with Gasteiger partial charge in [-0.3, -0.25) is 0 Å². The van der Waals surface area contributed by atoms with Gasteiger partial charge in [0.2, 0.25) is 0 Å². The third-order valence-corrected chi connectivity index (χ3v) is 4.92. The largest absolute Gasteiger partial charge is 0.387 e. The molecule has 1 N–H and O–H groups in total. The third kappa shape index (κ3) is 4.14. The van der Waals surface area contributed by atoms with Crippen molar-refractivity contribution in [3.8, 4) is 0 Å². The molecule has 2 aromatic heterocycles. The van der Waals surface area contributed by atoms with Crippen LogP contribution in [0.15, 0.2) is 18.5 Å². The Kier molecular flexibility index (Phi) is 4.84. The van der Waals surface area contributed by atoms with Crippen molar-refractivity contribution in [2.75, 3.05) is 0 Å². The van der Waals surface area contributed by atoms with Gasteiger partial charge < -0.3 is 5.11 Å². The lowest BCUT2D eigenvalue weighted by molar-refractivity contribution is 0.177. The van der Waals surface area contributed by atoms with Gasteiger partial charge in [-0.2, -0.15) is 5.10 Å². The van der Waals surface area contributed by atoms with E-state index in [2.05, 4.69) is 50.8 Å². The summed E-state index contributed by atoms with van der Waals surface area (Å²) in [5, 5.41) is 14.7. The minimum Gasteiger partial charge on any atom is -0.387 e. The van der Waals surface area contributed by atoms with Crippen LogP contribution >= 0.6 is 11.3 Å². The third-order valence-electron chi connectivity index (χ3n) is 3.30. The zero-order valence-corrected chi connectivity index (χ0v) is 14.3. The highest BCUT2D eigenvalue weighted by Gasteiger charge is 2.20. The summed E-state index contributed by atoms with van der Waals surface area (Å²) in [6.07, 6.45) is 1.57. The van der Waals surface area contributed by atoms with Gasteiger partial charge in [-0.05, 0) is 23.5 Å². The number of aromatic nitrogens is 3. The first-order valence-corrected chi connectivity index (χ1v) is 8.24. The topological polar surface area (TPSA) is 50.9 Å². The molecular weight excluding hydrogens is 282 g/mol. The van der Waals surface area contributed by atoms with Crippen LogP contribution < -0.4 is 0 Å². The fraction of sp³-hybridized carbons (Fsp3) is 0.625. The fourth-order valence-corrected chi connectivity index (χ4v) is 3.20. The first-order valence-electron chi connectivity index (χ1n) is 7.42. The molecule has 0 saturated carbocycles. The summed E-state index contributed by atoms with van der Waals surface area (Å²) in [5.41, 5.74) is 0.125. The number of aliphatic hydroxyl groups is 1. The molecule has 0 bridgehead atoms. The highest BCUT2D eigenvalue weighted by atomic mass is 32.1. The van der Waals surface area contributed by atoms with Crippen LogP contribution in [-0.2, 0) is 18.4 Å². The van der Waals surface area contributed by atoms with Crippen LogP contribution in [-0.4, -0.2) is 19.9 Å². The van der Waals surface area contributed by atoms with Crippen molar-refractivity contribution in [3.05, 3.63) is 34.0 Å². The first kappa shape index (κ1) is 16.2. The van der Waals surface area contributed by atoms with Crippen LogP contribution in [0.4, 0.5) is 0 Å². The molecule has 116 valence electrons. The normalized spacial score (nSPS) is 13.9. The lowest BCUT2D eigenvalue weighted by Crippen LogP contribution is -2.13. The lowest BCUT2D eigenvalue weighted by atomic mass is 9.95. The van der Waals surface area contributed by atoms with Gasteiger partial charge in [0.1, 0.15) is 12.2 Å². The molecule has 1 atom stereocenters. The molecule has 2 heterocycles. The minimum atomic E-state index is -0.513. The number of nitrogens with zero attached hydrogens (tertiary/aromatic N) is 3. The molecule has 0 spiro atoms. The van der Waals surface area contributed by atoms with Gasteiger partial charge in [0.25, 0.3) is 0 Å². The maximum absolute atomic E-state index is 10.5. The smallest absolute Gasteiger partial charge is 0.138 e. The maximum Gasteiger partial charge on any atom is 0.138 e. The molecule has 0 fully saturated rings.